The molecule has 0 atom stereocenters. The second kappa shape index (κ2) is 5.00. The second-order valence-electron chi connectivity index (χ2n) is 3.44. The number of hydrogen-bond acceptors (Lipinski definition) is 2. The lowest BCUT2D eigenvalue weighted by atomic mass is 10.1. The summed E-state index contributed by atoms with van der Waals surface area (Å²) in [6.07, 6.45) is 1.25. The van der Waals surface area contributed by atoms with Crippen molar-refractivity contribution in [1.82, 2.24) is 4.98 Å². The minimum Gasteiger partial charge on any atom is -0.287 e. The third kappa shape index (κ3) is 2.49. The van der Waals surface area contributed by atoms with Crippen LogP contribution in [0.15, 0.2) is 30.5 Å². The van der Waals surface area contributed by atoms with E-state index in [0.717, 1.165) is 18.2 Å². The van der Waals surface area contributed by atoms with Crippen molar-refractivity contribution >= 4 is 29.0 Å². The van der Waals surface area contributed by atoms with E-state index in [1.165, 1.54) is 12.3 Å². The van der Waals surface area contributed by atoms with Crippen molar-refractivity contribution in [1.29, 1.82) is 0 Å². The van der Waals surface area contributed by atoms with Gasteiger partial charge in [0.1, 0.15) is 5.69 Å². The van der Waals surface area contributed by atoms with E-state index < -0.39 is 17.4 Å². The number of carbonyl (C=O) groups excluding carboxylic acids is 1. The summed E-state index contributed by atoms with van der Waals surface area (Å²) in [6, 6.07) is 4.17. The van der Waals surface area contributed by atoms with E-state index in [1.807, 2.05) is 0 Å². The van der Waals surface area contributed by atoms with Gasteiger partial charge in [0.15, 0.2) is 11.6 Å². The summed E-state index contributed by atoms with van der Waals surface area (Å²) < 4.78 is 25.8. The molecule has 0 spiro atoms. The summed E-state index contributed by atoms with van der Waals surface area (Å²) in [5, 5.41) is 0.332. The van der Waals surface area contributed by atoms with Crippen LogP contribution in [0, 0.1) is 11.6 Å². The number of nitrogens with zero attached hydrogens (tertiary/aromatic N) is 1. The smallest absolute Gasteiger partial charge is 0.212 e. The highest BCUT2D eigenvalue weighted by atomic mass is 35.5. The minimum atomic E-state index is -1.11. The Hall–Kier alpha value is -1.52. The van der Waals surface area contributed by atoms with Crippen LogP contribution in [0.5, 0.6) is 0 Å². The zero-order valence-corrected chi connectivity index (χ0v) is 10.3. The number of benzene rings is 1. The third-order valence-corrected chi connectivity index (χ3v) is 2.70. The molecule has 2 rings (SSSR count). The molecule has 0 saturated heterocycles. The van der Waals surface area contributed by atoms with Crippen molar-refractivity contribution in [3.63, 3.8) is 0 Å². The summed E-state index contributed by atoms with van der Waals surface area (Å²) in [6.45, 7) is 0. The highest BCUT2D eigenvalue weighted by molar-refractivity contribution is 6.37. The Morgan fingerprint density at radius 1 is 1.11 bits per heavy atom. The first-order chi connectivity index (χ1) is 8.49. The monoisotopic (exact) mass is 287 g/mol. The van der Waals surface area contributed by atoms with Crippen LogP contribution in [0.2, 0.25) is 10.0 Å². The summed E-state index contributed by atoms with van der Waals surface area (Å²) in [5.41, 5.74) is -0.0994. The van der Waals surface area contributed by atoms with Crippen molar-refractivity contribution in [2.45, 2.75) is 0 Å². The average Bonchev–Trinajstić information content (AvgIpc) is 2.32. The molecule has 0 radical (unpaired) electrons. The molecule has 2 aromatic rings. The van der Waals surface area contributed by atoms with Crippen LogP contribution >= 0.6 is 23.2 Å². The molecule has 0 saturated carbocycles. The summed E-state index contributed by atoms with van der Waals surface area (Å²) in [4.78, 5) is 15.7. The standard InChI is InChI=1S/C12H5Cl2F2NO/c13-7-4-8(14)11(17-5-7)12(18)6-1-2-9(15)10(16)3-6/h1-5H. The van der Waals surface area contributed by atoms with Crippen molar-refractivity contribution in [3.05, 3.63) is 63.4 Å². The van der Waals surface area contributed by atoms with Gasteiger partial charge in [-0.05, 0) is 24.3 Å². The fraction of sp³-hybridized carbons (Fsp3) is 0. The maximum Gasteiger partial charge on any atom is 0.212 e. The molecule has 18 heavy (non-hydrogen) atoms. The highest BCUT2D eigenvalue weighted by Crippen LogP contribution is 2.21. The van der Waals surface area contributed by atoms with Crippen LogP contribution in [0.4, 0.5) is 8.78 Å². The fourth-order valence-electron chi connectivity index (χ4n) is 1.36. The van der Waals surface area contributed by atoms with Gasteiger partial charge >= 0.3 is 0 Å². The number of aromatic nitrogens is 1. The quantitative estimate of drug-likeness (QED) is 0.784. The lowest BCUT2D eigenvalue weighted by Crippen LogP contribution is -2.05. The number of ketones is 1. The van der Waals surface area contributed by atoms with E-state index in [2.05, 4.69) is 4.98 Å². The molecule has 0 amide bonds. The van der Waals surface area contributed by atoms with Crippen molar-refractivity contribution in [2.75, 3.05) is 0 Å². The molecule has 0 N–H and O–H groups in total. The maximum absolute atomic E-state index is 13.0. The molecular formula is C12H5Cl2F2NO. The highest BCUT2D eigenvalue weighted by Gasteiger charge is 2.16. The Morgan fingerprint density at radius 3 is 2.44 bits per heavy atom. The van der Waals surface area contributed by atoms with Gasteiger partial charge in [-0.3, -0.25) is 4.79 Å². The van der Waals surface area contributed by atoms with E-state index in [4.69, 9.17) is 23.2 Å². The molecule has 6 heteroatoms. The van der Waals surface area contributed by atoms with Gasteiger partial charge in [-0.2, -0.15) is 0 Å². The number of hydrogen-bond donors (Lipinski definition) is 0. The first-order valence-electron chi connectivity index (χ1n) is 4.80. The molecule has 0 unspecified atom stereocenters. The predicted molar refractivity (Wildman–Crippen MR) is 64.0 cm³/mol. The van der Waals surface area contributed by atoms with Crippen molar-refractivity contribution in [3.8, 4) is 0 Å². The van der Waals surface area contributed by atoms with Crippen LogP contribution in [-0.4, -0.2) is 10.8 Å². The zero-order valence-electron chi connectivity index (χ0n) is 8.75. The van der Waals surface area contributed by atoms with Crippen LogP contribution in [0.3, 0.4) is 0 Å². The molecule has 0 aliphatic rings. The fourth-order valence-corrected chi connectivity index (χ4v) is 1.82. The Bertz CT molecular complexity index is 631. The molecule has 1 aromatic heterocycles. The molecule has 0 aliphatic heterocycles. The van der Waals surface area contributed by atoms with Gasteiger partial charge in [0.05, 0.1) is 10.0 Å². The topological polar surface area (TPSA) is 30.0 Å². The first kappa shape index (κ1) is 12.9. The SMILES string of the molecule is O=C(c1ccc(F)c(F)c1)c1ncc(Cl)cc1Cl. The molecule has 1 heterocycles. The molecule has 2 nitrogen and oxygen atoms in total. The summed E-state index contributed by atoms with van der Waals surface area (Å²) in [7, 11) is 0. The first-order valence-corrected chi connectivity index (χ1v) is 5.55. The van der Waals surface area contributed by atoms with Crippen LogP contribution in [0.25, 0.3) is 0 Å². The largest absolute Gasteiger partial charge is 0.287 e. The zero-order chi connectivity index (χ0) is 13.3. The molecular weight excluding hydrogens is 283 g/mol. The van der Waals surface area contributed by atoms with Crippen LogP contribution in [-0.2, 0) is 0 Å². The van der Waals surface area contributed by atoms with Gasteiger partial charge < -0.3 is 0 Å². The van der Waals surface area contributed by atoms with E-state index >= 15 is 0 Å². The number of pyridine rings is 1. The van der Waals surface area contributed by atoms with Gasteiger partial charge in [0.25, 0.3) is 0 Å². The van der Waals surface area contributed by atoms with Gasteiger partial charge in [-0.25, -0.2) is 13.8 Å². The van der Waals surface area contributed by atoms with Gasteiger partial charge in [-0.1, -0.05) is 23.2 Å². The third-order valence-electron chi connectivity index (χ3n) is 2.20. The Balaban J connectivity index is 2.44. The molecule has 1 aromatic carbocycles. The van der Waals surface area contributed by atoms with Crippen molar-refractivity contribution < 1.29 is 13.6 Å². The number of halogens is 4. The van der Waals surface area contributed by atoms with E-state index in [1.54, 1.807) is 0 Å². The molecule has 0 fully saturated rings. The predicted octanol–water partition coefficient (Wildman–Crippen LogP) is 3.90. The Morgan fingerprint density at radius 2 is 1.83 bits per heavy atom. The lowest BCUT2D eigenvalue weighted by molar-refractivity contribution is 0.103. The maximum atomic E-state index is 13.0. The van der Waals surface area contributed by atoms with Crippen molar-refractivity contribution in [2.24, 2.45) is 0 Å². The molecule has 92 valence electrons. The van der Waals surface area contributed by atoms with E-state index in [0.29, 0.717) is 0 Å². The van der Waals surface area contributed by atoms with Crippen LogP contribution < -0.4 is 0 Å². The van der Waals surface area contributed by atoms with Gasteiger partial charge in [0, 0.05) is 11.8 Å². The summed E-state index contributed by atoms with van der Waals surface area (Å²) >= 11 is 11.5. The number of rotatable bonds is 2. The Kier molecular flexibility index (Phi) is 3.59. The number of carbonyl (C=O) groups is 1. The van der Waals surface area contributed by atoms with Gasteiger partial charge in [0.2, 0.25) is 5.78 Å². The normalized spacial score (nSPS) is 10.4. The van der Waals surface area contributed by atoms with Gasteiger partial charge in [-0.15, -0.1) is 0 Å². The minimum absolute atomic E-state index is 0.0365. The van der Waals surface area contributed by atoms with Crippen LogP contribution in [0.1, 0.15) is 16.1 Å². The Labute approximate surface area is 111 Å². The average molecular weight is 288 g/mol. The van der Waals surface area contributed by atoms with E-state index in [9.17, 15) is 13.6 Å². The van der Waals surface area contributed by atoms with E-state index in [-0.39, 0.29) is 21.3 Å². The second-order valence-corrected chi connectivity index (χ2v) is 4.29. The lowest BCUT2D eigenvalue weighted by Gasteiger charge is -2.03. The molecule has 0 bridgehead atoms. The summed E-state index contributed by atoms with van der Waals surface area (Å²) in [5.74, 6) is -2.73. The molecule has 0 aliphatic carbocycles.